The lowest BCUT2D eigenvalue weighted by atomic mass is 9.94. The number of ether oxygens (including phenoxy) is 4. The fraction of sp³-hybridized carbons (Fsp3) is 0.500. The van der Waals surface area contributed by atoms with Crippen molar-refractivity contribution in [3.63, 3.8) is 0 Å². The van der Waals surface area contributed by atoms with Gasteiger partial charge in [-0.15, -0.1) is 0 Å². The molecule has 0 saturated carbocycles. The lowest BCUT2D eigenvalue weighted by Crippen LogP contribution is -2.36. The number of benzene rings is 2. The van der Waals surface area contributed by atoms with Crippen LogP contribution in [0.25, 0.3) is 5.76 Å². The van der Waals surface area contributed by atoms with E-state index in [1.165, 1.54) is 4.90 Å². The lowest BCUT2D eigenvalue weighted by Gasteiger charge is -2.28. The van der Waals surface area contributed by atoms with Crippen molar-refractivity contribution < 1.29 is 33.6 Å². The Kier molecular flexibility index (Phi) is 10.1. The first kappa shape index (κ1) is 29.5. The van der Waals surface area contributed by atoms with Gasteiger partial charge in [-0.1, -0.05) is 33.3 Å². The molecule has 2 saturated heterocycles. The summed E-state index contributed by atoms with van der Waals surface area (Å²) in [5.41, 5.74) is 1.12. The summed E-state index contributed by atoms with van der Waals surface area (Å²) in [4.78, 5) is 28.3. The number of unbranched alkanes of at least 4 members (excludes halogenated alkanes) is 1. The minimum atomic E-state index is -0.803. The fourth-order valence-electron chi connectivity index (χ4n) is 5.00. The van der Waals surface area contributed by atoms with Crippen LogP contribution >= 0.6 is 0 Å². The first-order valence-electron chi connectivity index (χ1n) is 14.3. The van der Waals surface area contributed by atoms with Crippen molar-refractivity contribution >= 4 is 17.4 Å². The molecular weight excluding hydrogens is 510 g/mol. The van der Waals surface area contributed by atoms with E-state index in [1.54, 1.807) is 43.5 Å². The third kappa shape index (κ3) is 6.78. The van der Waals surface area contributed by atoms with E-state index in [-0.39, 0.29) is 24.0 Å². The molecule has 2 aromatic carbocycles. The number of likely N-dealkylation sites (tertiary alicyclic amines) is 1. The molecule has 2 aromatic rings. The number of amides is 1. The summed E-state index contributed by atoms with van der Waals surface area (Å²) in [7, 11) is 1.56. The van der Waals surface area contributed by atoms with Gasteiger partial charge >= 0.3 is 0 Å². The van der Waals surface area contributed by atoms with Gasteiger partial charge in [0.05, 0.1) is 38.0 Å². The van der Waals surface area contributed by atoms with Gasteiger partial charge < -0.3 is 29.0 Å². The molecule has 2 aliphatic rings. The summed E-state index contributed by atoms with van der Waals surface area (Å²) in [5.74, 6) is 0.657. The molecule has 216 valence electrons. The normalized spacial score (nSPS) is 20.4. The van der Waals surface area contributed by atoms with E-state index in [4.69, 9.17) is 18.9 Å². The predicted molar refractivity (Wildman–Crippen MR) is 153 cm³/mol. The van der Waals surface area contributed by atoms with Gasteiger partial charge in [0.15, 0.2) is 11.5 Å². The third-order valence-corrected chi connectivity index (χ3v) is 7.31. The summed E-state index contributed by atoms with van der Waals surface area (Å²) in [6, 6.07) is 11.5. The highest BCUT2D eigenvalue weighted by atomic mass is 16.5. The molecule has 0 aromatic heterocycles. The minimum Gasteiger partial charge on any atom is -0.507 e. The van der Waals surface area contributed by atoms with Crippen molar-refractivity contribution in [1.82, 2.24) is 4.90 Å². The number of aliphatic hydroxyl groups excluding tert-OH is 1. The standard InChI is InChI=1S/C32H41NO7/c1-5-6-16-38-24-12-9-22(10-13-24)30(34)28-29(33(32(36)31(28)35)20-25-8-7-17-39-25)23-11-14-26(27(19-23)37-4)40-18-15-21(2)3/h9-14,19,21,25,29,34H,5-8,15-18,20H2,1-4H3/t25-,29+/m0/s1. The minimum absolute atomic E-state index is 0.0400. The molecule has 8 nitrogen and oxygen atoms in total. The number of hydrogen-bond acceptors (Lipinski definition) is 7. The van der Waals surface area contributed by atoms with Gasteiger partial charge in [0, 0.05) is 18.7 Å². The number of carbonyl (C=O) groups excluding carboxylic acids is 2. The van der Waals surface area contributed by atoms with Crippen molar-refractivity contribution in [3.05, 3.63) is 59.2 Å². The van der Waals surface area contributed by atoms with Crippen LogP contribution in [-0.4, -0.2) is 61.3 Å². The van der Waals surface area contributed by atoms with Crippen LogP contribution in [0.4, 0.5) is 0 Å². The molecule has 0 radical (unpaired) electrons. The number of rotatable bonds is 13. The highest BCUT2D eigenvalue weighted by molar-refractivity contribution is 6.46. The number of carbonyl (C=O) groups is 2. The third-order valence-electron chi connectivity index (χ3n) is 7.31. The summed E-state index contributed by atoms with van der Waals surface area (Å²) in [5, 5.41) is 11.4. The number of ketones is 1. The van der Waals surface area contributed by atoms with E-state index in [2.05, 4.69) is 20.8 Å². The molecule has 0 unspecified atom stereocenters. The van der Waals surface area contributed by atoms with E-state index in [0.29, 0.717) is 54.1 Å². The van der Waals surface area contributed by atoms with Gasteiger partial charge in [0.1, 0.15) is 11.5 Å². The fourth-order valence-corrected chi connectivity index (χ4v) is 5.00. The largest absolute Gasteiger partial charge is 0.507 e. The van der Waals surface area contributed by atoms with Crippen LogP contribution in [0.2, 0.25) is 0 Å². The SMILES string of the molecule is CCCCOc1ccc(C(O)=C2C(=O)C(=O)N(C[C@@H]3CCCO3)[C@@H]2c2ccc(OCCC(C)C)c(OC)c2)cc1. The average Bonchev–Trinajstić information content (AvgIpc) is 3.55. The molecular formula is C32H41NO7. The number of aliphatic hydroxyl groups is 1. The number of Topliss-reactive ketones (excluding diaryl/α,β-unsaturated/α-hetero) is 1. The molecule has 2 fully saturated rings. The van der Waals surface area contributed by atoms with Crippen molar-refractivity contribution in [2.24, 2.45) is 5.92 Å². The van der Waals surface area contributed by atoms with Crippen LogP contribution < -0.4 is 14.2 Å². The Hall–Kier alpha value is -3.52. The summed E-state index contributed by atoms with van der Waals surface area (Å²) >= 11 is 0. The van der Waals surface area contributed by atoms with Gasteiger partial charge in [-0.05, 0) is 73.6 Å². The second-order valence-electron chi connectivity index (χ2n) is 10.8. The molecule has 0 aliphatic carbocycles. The molecule has 0 spiro atoms. The Labute approximate surface area is 236 Å². The molecule has 4 rings (SSSR count). The van der Waals surface area contributed by atoms with E-state index in [9.17, 15) is 14.7 Å². The van der Waals surface area contributed by atoms with Gasteiger partial charge in [-0.25, -0.2) is 0 Å². The first-order chi connectivity index (χ1) is 19.3. The zero-order chi connectivity index (χ0) is 28.6. The summed E-state index contributed by atoms with van der Waals surface area (Å²) < 4.78 is 23.1. The summed E-state index contributed by atoms with van der Waals surface area (Å²) in [6.45, 7) is 8.39. The second kappa shape index (κ2) is 13.7. The molecule has 2 atom stereocenters. The van der Waals surface area contributed by atoms with Crippen LogP contribution in [0.5, 0.6) is 17.2 Å². The second-order valence-corrected chi connectivity index (χ2v) is 10.8. The van der Waals surface area contributed by atoms with Crippen LogP contribution in [0, 0.1) is 5.92 Å². The topological polar surface area (TPSA) is 94.5 Å². The number of nitrogens with zero attached hydrogens (tertiary/aromatic N) is 1. The highest BCUT2D eigenvalue weighted by Gasteiger charge is 2.47. The van der Waals surface area contributed by atoms with Crippen molar-refractivity contribution in [2.45, 2.75) is 65.0 Å². The van der Waals surface area contributed by atoms with Crippen LogP contribution in [0.3, 0.4) is 0 Å². The molecule has 8 heteroatoms. The Balaban J connectivity index is 1.71. The van der Waals surface area contributed by atoms with Crippen molar-refractivity contribution in [2.75, 3.05) is 33.5 Å². The highest BCUT2D eigenvalue weighted by Crippen LogP contribution is 2.42. The van der Waals surface area contributed by atoms with E-state index < -0.39 is 17.7 Å². The zero-order valence-electron chi connectivity index (χ0n) is 24.0. The monoisotopic (exact) mass is 551 g/mol. The summed E-state index contributed by atoms with van der Waals surface area (Å²) in [6.07, 6.45) is 4.42. The van der Waals surface area contributed by atoms with Crippen molar-refractivity contribution in [3.8, 4) is 17.2 Å². The molecule has 2 heterocycles. The Morgan fingerprint density at radius 3 is 2.50 bits per heavy atom. The Morgan fingerprint density at radius 1 is 1.07 bits per heavy atom. The number of hydrogen-bond donors (Lipinski definition) is 1. The molecule has 1 amide bonds. The van der Waals surface area contributed by atoms with Gasteiger partial charge in [0.25, 0.3) is 11.7 Å². The molecule has 2 aliphatic heterocycles. The Morgan fingerprint density at radius 2 is 1.85 bits per heavy atom. The lowest BCUT2D eigenvalue weighted by molar-refractivity contribution is -0.140. The molecule has 40 heavy (non-hydrogen) atoms. The van der Waals surface area contributed by atoms with Gasteiger partial charge in [0.2, 0.25) is 0 Å². The maximum Gasteiger partial charge on any atom is 0.295 e. The van der Waals surface area contributed by atoms with Crippen LogP contribution in [0.15, 0.2) is 48.0 Å². The van der Waals surface area contributed by atoms with Crippen molar-refractivity contribution in [1.29, 1.82) is 0 Å². The average molecular weight is 552 g/mol. The van der Waals surface area contributed by atoms with Crippen LogP contribution in [-0.2, 0) is 14.3 Å². The van der Waals surface area contributed by atoms with E-state index in [1.807, 2.05) is 6.07 Å². The maximum absolute atomic E-state index is 13.4. The maximum atomic E-state index is 13.4. The first-order valence-corrected chi connectivity index (χ1v) is 14.3. The zero-order valence-corrected chi connectivity index (χ0v) is 24.0. The van der Waals surface area contributed by atoms with Gasteiger partial charge in [-0.2, -0.15) is 0 Å². The molecule has 0 bridgehead atoms. The molecule has 1 N–H and O–H groups in total. The Bertz CT molecular complexity index is 1200. The quantitative estimate of drug-likeness (QED) is 0.143. The van der Waals surface area contributed by atoms with E-state index >= 15 is 0 Å². The van der Waals surface area contributed by atoms with Crippen LogP contribution in [0.1, 0.15) is 70.0 Å². The van der Waals surface area contributed by atoms with Gasteiger partial charge in [-0.3, -0.25) is 9.59 Å². The van der Waals surface area contributed by atoms with E-state index in [0.717, 1.165) is 32.1 Å². The predicted octanol–water partition coefficient (Wildman–Crippen LogP) is 5.90. The number of methoxy groups -OCH3 is 1. The smallest absolute Gasteiger partial charge is 0.295 e.